The molecule has 1 saturated carbocycles. The summed E-state index contributed by atoms with van der Waals surface area (Å²) < 4.78 is 5.94. The lowest BCUT2D eigenvalue weighted by atomic mass is 9.54. The molecule has 11 heteroatoms. The third-order valence-electron chi connectivity index (χ3n) is 8.22. The average molecular weight is 543 g/mol. The van der Waals surface area contributed by atoms with Gasteiger partial charge in [0.15, 0.2) is 11.4 Å². The number of nitrogens with zero attached hydrogens (tertiary/aromatic N) is 1. The maximum atomic E-state index is 14.1. The SMILES string of the molecule is CCCCCC(=O)O[C@H]1[C@H]2C(=C(O)c3c(O)cccc3[C@@H]2C)C(=O)[C@]2(O)C(O)=C(C(N)=O)C(=O)C(N(C)C)[C@H]12. The van der Waals surface area contributed by atoms with Gasteiger partial charge in [0.25, 0.3) is 5.91 Å². The molecule has 1 unspecified atom stereocenters. The summed E-state index contributed by atoms with van der Waals surface area (Å²) >= 11 is 0. The Morgan fingerprint density at radius 3 is 2.38 bits per heavy atom. The fraction of sp³-hybridized carbons (Fsp3) is 0.500. The number of phenols is 1. The van der Waals surface area contributed by atoms with Crippen molar-refractivity contribution in [3.8, 4) is 5.75 Å². The highest BCUT2D eigenvalue weighted by molar-refractivity contribution is 6.24. The summed E-state index contributed by atoms with van der Waals surface area (Å²) in [5.41, 5.74) is 1.55. The van der Waals surface area contributed by atoms with Crippen LogP contribution in [0.4, 0.5) is 0 Å². The monoisotopic (exact) mass is 542 g/mol. The number of carbonyl (C=O) groups excluding carboxylic acids is 4. The predicted octanol–water partition coefficient (Wildman–Crippen LogP) is 1.63. The number of hydrogen-bond donors (Lipinski definition) is 5. The Hall–Kier alpha value is -3.70. The number of ketones is 2. The number of likely N-dealkylation sites (N-methyl/N-ethyl adjacent to an activating group) is 1. The van der Waals surface area contributed by atoms with E-state index in [1.165, 1.54) is 25.1 Å². The number of hydrogen-bond acceptors (Lipinski definition) is 10. The summed E-state index contributed by atoms with van der Waals surface area (Å²) in [5.74, 6) is -9.57. The standard InChI is InChI=1S/C28H34N2O9/c1-5-6-7-11-15(32)39-24-16-12(2)13-9-8-10-14(31)17(13)22(33)18(16)25(35)28(38)20(24)21(30(3)4)23(34)19(26(28)36)27(29)37/h8-10,12,16,20-21,24,31,33,36,38H,5-7,11H2,1-4H3,(H2,29,37)/t12-,16+,20+,21?,24-,28-/m0/s1. The summed E-state index contributed by atoms with van der Waals surface area (Å²) in [4.78, 5) is 54.3. The van der Waals surface area contributed by atoms with E-state index in [2.05, 4.69) is 0 Å². The number of esters is 1. The Bertz CT molecular complexity index is 1310. The third-order valence-corrected chi connectivity index (χ3v) is 8.22. The first-order valence-corrected chi connectivity index (χ1v) is 13.0. The zero-order valence-corrected chi connectivity index (χ0v) is 22.3. The van der Waals surface area contributed by atoms with Crippen LogP contribution in [0.1, 0.15) is 56.6 Å². The van der Waals surface area contributed by atoms with Gasteiger partial charge in [-0.2, -0.15) is 0 Å². The number of ether oxygens (including phenoxy) is 1. The van der Waals surface area contributed by atoms with Crippen LogP contribution in [0.3, 0.4) is 0 Å². The molecule has 3 aliphatic rings. The van der Waals surface area contributed by atoms with Crippen molar-refractivity contribution in [1.82, 2.24) is 4.90 Å². The van der Waals surface area contributed by atoms with Crippen molar-refractivity contribution in [3.05, 3.63) is 46.2 Å². The third kappa shape index (κ3) is 4.11. The number of phenolic OH excluding ortho intramolecular Hbond substituents is 1. The number of aliphatic hydroxyl groups is 3. The van der Waals surface area contributed by atoms with Gasteiger partial charge in [-0.05, 0) is 38.1 Å². The Balaban J connectivity index is 2.03. The minimum absolute atomic E-state index is 0.0296. The normalized spacial score (nSPS) is 30.2. The number of amides is 1. The van der Waals surface area contributed by atoms with Crippen LogP contribution in [0.25, 0.3) is 5.76 Å². The van der Waals surface area contributed by atoms with Crippen LogP contribution in [0, 0.1) is 11.8 Å². The van der Waals surface area contributed by atoms with E-state index >= 15 is 0 Å². The topological polar surface area (TPSA) is 188 Å². The Morgan fingerprint density at radius 2 is 1.79 bits per heavy atom. The minimum atomic E-state index is -2.94. The number of rotatable bonds is 7. The van der Waals surface area contributed by atoms with Crippen molar-refractivity contribution >= 4 is 29.2 Å². The molecule has 0 saturated heterocycles. The highest BCUT2D eigenvalue weighted by atomic mass is 16.5. The van der Waals surface area contributed by atoms with Crippen molar-refractivity contribution in [1.29, 1.82) is 0 Å². The van der Waals surface area contributed by atoms with Crippen molar-refractivity contribution in [2.24, 2.45) is 17.6 Å². The highest BCUT2D eigenvalue weighted by Crippen LogP contribution is 2.56. The molecular formula is C28H34N2O9. The molecule has 210 valence electrons. The van der Waals surface area contributed by atoms with Crippen LogP contribution >= 0.6 is 0 Å². The lowest BCUT2D eigenvalue weighted by Crippen LogP contribution is -2.71. The molecule has 0 bridgehead atoms. The zero-order chi connectivity index (χ0) is 29.0. The first-order valence-electron chi connectivity index (χ1n) is 13.0. The largest absolute Gasteiger partial charge is 0.508 e. The molecule has 1 aromatic carbocycles. The molecule has 39 heavy (non-hydrogen) atoms. The first-order chi connectivity index (χ1) is 18.3. The number of aliphatic hydroxyl groups excluding tert-OH is 2. The molecule has 6 N–H and O–H groups in total. The summed E-state index contributed by atoms with van der Waals surface area (Å²) in [6.07, 6.45) is 0.766. The molecule has 0 aromatic heterocycles. The smallest absolute Gasteiger partial charge is 0.306 e. The summed E-state index contributed by atoms with van der Waals surface area (Å²) in [6, 6.07) is 3.14. The molecular weight excluding hydrogens is 508 g/mol. The van der Waals surface area contributed by atoms with E-state index in [0.29, 0.717) is 12.0 Å². The molecule has 0 radical (unpaired) electrons. The minimum Gasteiger partial charge on any atom is -0.508 e. The quantitative estimate of drug-likeness (QED) is 0.192. The summed E-state index contributed by atoms with van der Waals surface area (Å²) in [6.45, 7) is 3.68. The lowest BCUT2D eigenvalue weighted by molar-refractivity contribution is -0.185. The van der Waals surface area contributed by atoms with Crippen LogP contribution in [0.2, 0.25) is 0 Å². The number of carbonyl (C=O) groups is 4. The van der Waals surface area contributed by atoms with Gasteiger partial charge in [0, 0.05) is 17.9 Å². The van der Waals surface area contributed by atoms with Gasteiger partial charge < -0.3 is 30.9 Å². The Labute approximate surface area is 225 Å². The van der Waals surface area contributed by atoms with Crippen LogP contribution in [0.15, 0.2) is 35.1 Å². The van der Waals surface area contributed by atoms with E-state index < -0.39 is 76.0 Å². The number of primary amides is 1. The van der Waals surface area contributed by atoms with E-state index in [1.807, 2.05) is 6.92 Å². The van der Waals surface area contributed by atoms with E-state index in [9.17, 15) is 39.6 Å². The van der Waals surface area contributed by atoms with E-state index in [0.717, 1.165) is 12.8 Å². The van der Waals surface area contributed by atoms with Crippen molar-refractivity contribution < 1.29 is 44.3 Å². The molecule has 0 aliphatic heterocycles. The molecule has 1 amide bonds. The average Bonchev–Trinajstić information content (AvgIpc) is 2.85. The number of Topliss-reactive ketones (excluding diaryl/α,β-unsaturated/α-hetero) is 2. The molecule has 0 heterocycles. The van der Waals surface area contributed by atoms with Crippen LogP contribution < -0.4 is 5.73 Å². The van der Waals surface area contributed by atoms with Crippen molar-refractivity contribution in [2.45, 2.75) is 63.2 Å². The molecule has 1 fully saturated rings. The fourth-order valence-electron chi connectivity index (χ4n) is 6.42. The second-order valence-electron chi connectivity index (χ2n) is 10.7. The lowest BCUT2D eigenvalue weighted by Gasteiger charge is -2.54. The molecule has 1 aromatic rings. The number of nitrogens with two attached hydrogens (primary N) is 1. The summed E-state index contributed by atoms with van der Waals surface area (Å²) in [5, 5.41) is 45.0. The number of fused-ring (bicyclic) bond motifs is 3. The predicted molar refractivity (Wildman–Crippen MR) is 138 cm³/mol. The molecule has 6 atom stereocenters. The van der Waals surface area contributed by atoms with Crippen molar-refractivity contribution in [3.63, 3.8) is 0 Å². The molecule has 0 spiro atoms. The number of aromatic hydroxyl groups is 1. The highest BCUT2D eigenvalue weighted by Gasteiger charge is 2.69. The molecule has 3 aliphatic carbocycles. The van der Waals surface area contributed by atoms with Crippen LogP contribution in [-0.2, 0) is 23.9 Å². The van der Waals surface area contributed by atoms with Crippen LogP contribution in [0.5, 0.6) is 5.75 Å². The maximum absolute atomic E-state index is 14.1. The maximum Gasteiger partial charge on any atom is 0.306 e. The van der Waals surface area contributed by atoms with Gasteiger partial charge in [0.05, 0.1) is 17.5 Å². The van der Waals surface area contributed by atoms with Gasteiger partial charge in [0.2, 0.25) is 5.78 Å². The second kappa shape index (κ2) is 10.1. The Morgan fingerprint density at radius 1 is 1.13 bits per heavy atom. The first kappa shape index (κ1) is 28.3. The van der Waals surface area contributed by atoms with Crippen LogP contribution in [-0.4, -0.2) is 80.6 Å². The van der Waals surface area contributed by atoms with Crippen molar-refractivity contribution in [2.75, 3.05) is 14.1 Å². The van der Waals surface area contributed by atoms with Gasteiger partial charge in [-0.3, -0.25) is 24.1 Å². The number of unbranched alkanes of at least 4 members (excludes halogenated alkanes) is 2. The van der Waals surface area contributed by atoms with Gasteiger partial charge in [0.1, 0.15) is 28.9 Å². The zero-order valence-electron chi connectivity index (χ0n) is 22.3. The van der Waals surface area contributed by atoms with Gasteiger partial charge in [-0.25, -0.2) is 0 Å². The van der Waals surface area contributed by atoms with Gasteiger partial charge in [-0.15, -0.1) is 0 Å². The fourth-order valence-corrected chi connectivity index (χ4v) is 6.42. The van der Waals surface area contributed by atoms with Gasteiger partial charge >= 0.3 is 5.97 Å². The van der Waals surface area contributed by atoms with E-state index in [4.69, 9.17) is 10.5 Å². The Kier molecular flexibility index (Phi) is 7.35. The van der Waals surface area contributed by atoms with E-state index in [-0.39, 0.29) is 23.3 Å². The molecule has 11 nitrogen and oxygen atoms in total. The molecule has 4 rings (SSSR count). The number of benzene rings is 1. The van der Waals surface area contributed by atoms with E-state index in [1.54, 1.807) is 19.1 Å². The summed E-state index contributed by atoms with van der Waals surface area (Å²) in [7, 11) is 2.96. The van der Waals surface area contributed by atoms with Gasteiger partial charge in [-0.1, -0.05) is 38.8 Å². The second-order valence-corrected chi connectivity index (χ2v) is 10.7.